The number of carbonyl (C=O) groups excluding carboxylic acids is 1. The Morgan fingerprint density at radius 2 is 1.62 bits per heavy atom. The largest absolute Gasteiger partial charge is 0.478 e. The second kappa shape index (κ2) is 7.33. The number of anilines is 1. The molecule has 2 heterocycles. The molecule has 0 spiro atoms. The van der Waals surface area contributed by atoms with Gasteiger partial charge in [0, 0.05) is 19.4 Å². The monoisotopic (exact) mass is 415 g/mol. The van der Waals surface area contributed by atoms with E-state index in [1.54, 1.807) is 0 Å². The van der Waals surface area contributed by atoms with Gasteiger partial charge in [-0.05, 0) is 0 Å². The molecule has 1 amide bonds. The zero-order valence-corrected chi connectivity index (χ0v) is 14.4. The maximum atomic E-state index is 13.8. The van der Waals surface area contributed by atoms with Crippen molar-refractivity contribution in [2.75, 3.05) is 5.32 Å². The van der Waals surface area contributed by atoms with Gasteiger partial charge in [0.2, 0.25) is 5.82 Å². The predicted molar refractivity (Wildman–Crippen MR) is 85.7 cm³/mol. The molecule has 0 saturated heterocycles. The summed E-state index contributed by atoms with van der Waals surface area (Å²) in [6.07, 6.45) is 3.20. The van der Waals surface area contributed by atoms with Crippen LogP contribution >= 0.6 is 0 Å². The Labute approximate surface area is 158 Å². The lowest BCUT2D eigenvalue weighted by molar-refractivity contribution is 0.0692. The van der Waals surface area contributed by atoms with E-state index in [0.29, 0.717) is 0 Å². The Hall–Kier alpha value is -3.77. The van der Waals surface area contributed by atoms with E-state index in [-0.39, 0.29) is 11.3 Å². The average molecular weight is 415 g/mol. The molecule has 2 N–H and O–H groups in total. The fraction of sp³-hybridized carbons (Fsp3) is 0.125. The van der Waals surface area contributed by atoms with E-state index in [2.05, 4.69) is 15.5 Å². The number of benzene rings is 1. The third-order valence-electron chi connectivity index (χ3n) is 3.79. The van der Waals surface area contributed by atoms with Gasteiger partial charge in [0.05, 0.1) is 24.0 Å². The van der Waals surface area contributed by atoms with Crippen LogP contribution in [0, 0.1) is 29.1 Å². The summed E-state index contributed by atoms with van der Waals surface area (Å²) < 4.78 is 69.1. The highest BCUT2D eigenvalue weighted by atomic mass is 19.2. The molecule has 3 rings (SSSR count). The van der Waals surface area contributed by atoms with E-state index in [9.17, 15) is 31.5 Å². The first-order valence-corrected chi connectivity index (χ1v) is 7.71. The van der Waals surface area contributed by atoms with Gasteiger partial charge < -0.3 is 10.4 Å². The fourth-order valence-electron chi connectivity index (χ4n) is 2.47. The molecule has 0 radical (unpaired) electrons. The van der Waals surface area contributed by atoms with E-state index in [0.717, 1.165) is 28.0 Å². The highest BCUT2D eigenvalue weighted by Crippen LogP contribution is 2.24. The third-order valence-corrected chi connectivity index (χ3v) is 3.79. The Morgan fingerprint density at radius 1 is 1.03 bits per heavy atom. The second-order valence-corrected chi connectivity index (χ2v) is 5.80. The third kappa shape index (κ3) is 3.66. The van der Waals surface area contributed by atoms with Crippen LogP contribution in [-0.2, 0) is 13.6 Å². The Balaban J connectivity index is 1.83. The molecule has 0 aliphatic rings. The van der Waals surface area contributed by atoms with Gasteiger partial charge in [-0.25, -0.2) is 26.7 Å². The van der Waals surface area contributed by atoms with Crippen molar-refractivity contribution in [2.45, 2.75) is 6.54 Å². The number of amides is 1. The van der Waals surface area contributed by atoms with Crippen molar-refractivity contribution in [3.05, 3.63) is 64.5 Å². The first-order chi connectivity index (χ1) is 13.6. The molecule has 8 nitrogen and oxygen atoms in total. The van der Waals surface area contributed by atoms with Crippen LogP contribution in [0.4, 0.5) is 27.6 Å². The van der Waals surface area contributed by atoms with Crippen LogP contribution in [0.3, 0.4) is 0 Å². The molecular formula is C16H10F5N5O3. The van der Waals surface area contributed by atoms with E-state index in [1.807, 2.05) is 0 Å². The van der Waals surface area contributed by atoms with Crippen LogP contribution in [0.25, 0.3) is 0 Å². The molecule has 13 heteroatoms. The number of hydrogen-bond acceptors (Lipinski definition) is 4. The van der Waals surface area contributed by atoms with E-state index in [1.165, 1.54) is 7.05 Å². The summed E-state index contributed by atoms with van der Waals surface area (Å²) in [6.45, 7) is -0.814. The minimum Gasteiger partial charge on any atom is -0.478 e. The topological polar surface area (TPSA) is 102 Å². The van der Waals surface area contributed by atoms with Gasteiger partial charge in [0.25, 0.3) is 5.91 Å². The van der Waals surface area contributed by atoms with E-state index < -0.39 is 58.8 Å². The SMILES string of the molecule is Cn1cc(C(=O)O)c(C(=O)Nc2cnn(Cc3c(F)c(F)c(F)c(F)c3F)c2)n1. The quantitative estimate of drug-likeness (QED) is 0.378. The summed E-state index contributed by atoms with van der Waals surface area (Å²) in [5.41, 5.74) is -1.90. The summed E-state index contributed by atoms with van der Waals surface area (Å²) in [7, 11) is 1.41. The Bertz CT molecular complexity index is 1110. The lowest BCUT2D eigenvalue weighted by atomic mass is 10.1. The standard InChI is InChI=1S/C16H10F5N5O3/c1-25-4-8(16(28)29)14(24-25)15(27)23-6-2-22-26(3-6)5-7-9(17)11(19)13(21)12(20)10(7)18/h2-4H,5H2,1H3,(H,23,27)(H,28,29). The molecular weight excluding hydrogens is 405 g/mol. The number of aryl methyl sites for hydroxylation is 1. The number of halogens is 5. The van der Waals surface area contributed by atoms with Gasteiger partial charge in [-0.1, -0.05) is 0 Å². The molecule has 2 aromatic heterocycles. The molecule has 3 aromatic rings. The summed E-state index contributed by atoms with van der Waals surface area (Å²) in [5, 5.41) is 18.8. The predicted octanol–water partition coefficient (Wildman–Crippen LogP) is 2.31. The number of carboxylic acid groups (broad SMARTS) is 1. The fourth-order valence-corrected chi connectivity index (χ4v) is 2.47. The Kier molecular flexibility index (Phi) is 5.05. The number of nitrogens with zero attached hydrogens (tertiary/aromatic N) is 4. The van der Waals surface area contributed by atoms with E-state index >= 15 is 0 Å². The van der Waals surface area contributed by atoms with Gasteiger partial charge in [-0.15, -0.1) is 0 Å². The lowest BCUT2D eigenvalue weighted by Crippen LogP contribution is -2.16. The molecule has 0 bridgehead atoms. The van der Waals surface area contributed by atoms with Crippen molar-refractivity contribution in [1.82, 2.24) is 19.6 Å². The number of carboxylic acids is 1. The molecule has 1 aromatic carbocycles. The summed E-state index contributed by atoms with van der Waals surface area (Å²) >= 11 is 0. The minimum absolute atomic E-state index is 0.0270. The molecule has 0 fully saturated rings. The van der Waals surface area contributed by atoms with Crippen molar-refractivity contribution >= 4 is 17.6 Å². The number of aromatic carboxylic acids is 1. The maximum absolute atomic E-state index is 13.8. The van der Waals surface area contributed by atoms with Gasteiger partial charge in [0.1, 0.15) is 5.56 Å². The zero-order chi connectivity index (χ0) is 21.5. The van der Waals surface area contributed by atoms with Gasteiger partial charge in [-0.3, -0.25) is 14.2 Å². The summed E-state index contributed by atoms with van der Waals surface area (Å²) in [6, 6.07) is 0. The van der Waals surface area contributed by atoms with Crippen molar-refractivity contribution in [3.63, 3.8) is 0 Å². The zero-order valence-electron chi connectivity index (χ0n) is 14.4. The van der Waals surface area contributed by atoms with Gasteiger partial charge >= 0.3 is 5.97 Å². The van der Waals surface area contributed by atoms with Crippen LogP contribution in [0.15, 0.2) is 18.6 Å². The molecule has 29 heavy (non-hydrogen) atoms. The molecule has 0 aliphatic carbocycles. The van der Waals surface area contributed by atoms with Crippen molar-refractivity contribution < 1.29 is 36.6 Å². The van der Waals surface area contributed by atoms with Crippen LogP contribution in [0.1, 0.15) is 26.4 Å². The maximum Gasteiger partial charge on any atom is 0.339 e. The molecule has 152 valence electrons. The van der Waals surface area contributed by atoms with Crippen molar-refractivity contribution in [1.29, 1.82) is 0 Å². The smallest absolute Gasteiger partial charge is 0.339 e. The second-order valence-electron chi connectivity index (χ2n) is 5.80. The summed E-state index contributed by atoms with van der Waals surface area (Å²) in [4.78, 5) is 23.3. The molecule has 0 aliphatic heterocycles. The molecule has 0 unspecified atom stereocenters. The summed E-state index contributed by atoms with van der Waals surface area (Å²) in [5.74, 6) is -12.7. The highest BCUT2D eigenvalue weighted by Gasteiger charge is 2.26. The normalized spacial score (nSPS) is 11.0. The van der Waals surface area contributed by atoms with Crippen molar-refractivity contribution in [3.8, 4) is 0 Å². The molecule has 0 saturated carbocycles. The number of nitrogens with one attached hydrogen (secondary N) is 1. The van der Waals surface area contributed by atoms with Gasteiger partial charge in [0.15, 0.2) is 29.0 Å². The van der Waals surface area contributed by atoms with E-state index in [4.69, 9.17) is 5.11 Å². The number of carbonyl (C=O) groups is 2. The lowest BCUT2D eigenvalue weighted by Gasteiger charge is -2.08. The number of hydrogen-bond donors (Lipinski definition) is 2. The first kappa shape index (κ1) is 20.0. The molecule has 0 atom stereocenters. The van der Waals surface area contributed by atoms with Crippen LogP contribution < -0.4 is 5.32 Å². The minimum atomic E-state index is -2.28. The van der Waals surface area contributed by atoms with Crippen LogP contribution in [0.2, 0.25) is 0 Å². The Morgan fingerprint density at radius 3 is 2.21 bits per heavy atom. The van der Waals surface area contributed by atoms with Crippen LogP contribution in [-0.4, -0.2) is 36.5 Å². The number of rotatable bonds is 5. The average Bonchev–Trinajstić information content (AvgIpc) is 3.28. The van der Waals surface area contributed by atoms with Crippen molar-refractivity contribution in [2.24, 2.45) is 7.05 Å². The first-order valence-electron chi connectivity index (χ1n) is 7.71. The van der Waals surface area contributed by atoms with Gasteiger partial charge in [-0.2, -0.15) is 10.2 Å². The van der Waals surface area contributed by atoms with Crippen LogP contribution in [0.5, 0.6) is 0 Å². The highest BCUT2D eigenvalue weighted by molar-refractivity contribution is 6.09. The number of aromatic nitrogens is 4.